The first-order chi connectivity index (χ1) is 12.5. The van der Waals surface area contributed by atoms with E-state index in [9.17, 15) is 4.79 Å². The zero-order valence-corrected chi connectivity index (χ0v) is 19.1. The molecule has 0 bridgehead atoms. The number of thiazole rings is 1. The number of aliphatic imine (C=N–C) groups is 1. The Bertz CT molecular complexity index is 751. The lowest BCUT2D eigenvalue weighted by molar-refractivity contribution is 0.0531. The van der Waals surface area contributed by atoms with Gasteiger partial charge < -0.3 is 15.4 Å². The summed E-state index contributed by atoms with van der Waals surface area (Å²) in [5, 5.41) is 7.38. The smallest absolute Gasteiger partial charge is 0.350 e. The van der Waals surface area contributed by atoms with Crippen molar-refractivity contribution in [2.45, 2.75) is 33.2 Å². The van der Waals surface area contributed by atoms with Crippen LogP contribution in [0, 0.1) is 6.92 Å². The molecule has 2 aromatic rings. The predicted molar refractivity (Wildman–Crippen MR) is 119 cm³/mol. The highest BCUT2D eigenvalue weighted by Gasteiger charge is 2.20. The number of halogens is 1. The first-order valence-electron chi connectivity index (χ1n) is 8.56. The van der Waals surface area contributed by atoms with Crippen molar-refractivity contribution in [1.82, 2.24) is 20.6 Å². The van der Waals surface area contributed by atoms with Crippen molar-refractivity contribution >= 4 is 47.2 Å². The van der Waals surface area contributed by atoms with E-state index in [-0.39, 0.29) is 36.0 Å². The normalized spacial score (nSPS) is 12.1. The molecule has 27 heavy (non-hydrogen) atoms. The van der Waals surface area contributed by atoms with Crippen LogP contribution in [0.5, 0.6) is 0 Å². The minimum absolute atomic E-state index is 0. The molecule has 0 spiro atoms. The molecule has 7 nitrogen and oxygen atoms in total. The van der Waals surface area contributed by atoms with E-state index in [1.165, 1.54) is 11.3 Å². The van der Waals surface area contributed by atoms with Crippen molar-refractivity contribution in [3.05, 3.63) is 45.7 Å². The van der Waals surface area contributed by atoms with Gasteiger partial charge in [-0.1, -0.05) is 6.07 Å². The van der Waals surface area contributed by atoms with Gasteiger partial charge in [0.1, 0.15) is 9.88 Å². The molecule has 1 atom stereocenters. The Morgan fingerprint density at radius 2 is 2.19 bits per heavy atom. The number of nitrogens with one attached hydrogen (secondary N) is 2. The van der Waals surface area contributed by atoms with Gasteiger partial charge in [-0.3, -0.25) is 9.98 Å². The summed E-state index contributed by atoms with van der Waals surface area (Å²) < 4.78 is 5.07. The minimum atomic E-state index is -0.321. The van der Waals surface area contributed by atoms with Gasteiger partial charge in [0, 0.05) is 31.9 Å². The molecule has 2 rings (SSSR count). The Morgan fingerprint density at radius 3 is 2.81 bits per heavy atom. The molecule has 0 aromatic carbocycles. The maximum absolute atomic E-state index is 11.9. The van der Waals surface area contributed by atoms with Crippen LogP contribution in [0.4, 0.5) is 0 Å². The average molecular weight is 503 g/mol. The summed E-state index contributed by atoms with van der Waals surface area (Å²) in [6.45, 7) is 6.66. The third-order valence-electron chi connectivity index (χ3n) is 3.62. The molecule has 9 heteroatoms. The summed E-state index contributed by atoms with van der Waals surface area (Å²) in [6, 6.07) is 5.79. The Morgan fingerprint density at radius 1 is 1.41 bits per heavy atom. The summed E-state index contributed by atoms with van der Waals surface area (Å²) >= 11 is 1.35. The molecule has 0 saturated heterocycles. The van der Waals surface area contributed by atoms with E-state index in [1.807, 2.05) is 32.0 Å². The van der Waals surface area contributed by atoms with E-state index < -0.39 is 0 Å². The number of pyridine rings is 1. The molecule has 0 radical (unpaired) electrons. The second kappa shape index (κ2) is 11.9. The monoisotopic (exact) mass is 503 g/mol. The molecule has 0 saturated carbocycles. The maximum atomic E-state index is 11.9. The molecule has 1 unspecified atom stereocenters. The fourth-order valence-electron chi connectivity index (χ4n) is 2.30. The molecule has 0 aliphatic heterocycles. The molecular formula is C18H26IN5O2S. The van der Waals surface area contributed by atoms with Gasteiger partial charge in [-0.15, -0.1) is 35.3 Å². The number of carbonyl (C=O) groups excluding carboxylic acids is 1. The van der Waals surface area contributed by atoms with Gasteiger partial charge in [-0.2, -0.15) is 0 Å². The standard InChI is InChI=1S/C18H25N5O2S.HI/c1-5-25-17(24)15-12(2)22-16(26-15)13(3)23-18(19-4)21-11-9-14-8-6-7-10-20-14;/h6-8,10,13H,5,9,11H2,1-4H3,(H2,19,21,23);1H. The van der Waals surface area contributed by atoms with Crippen LogP contribution in [-0.4, -0.2) is 42.1 Å². The molecule has 2 heterocycles. The first-order valence-corrected chi connectivity index (χ1v) is 9.38. The van der Waals surface area contributed by atoms with E-state index in [1.54, 1.807) is 20.2 Å². The SMILES string of the molecule is CCOC(=O)c1sc(C(C)NC(=NC)NCCc2ccccn2)nc1C.I. The molecule has 0 fully saturated rings. The molecular weight excluding hydrogens is 477 g/mol. The van der Waals surface area contributed by atoms with Crippen LogP contribution in [0.25, 0.3) is 0 Å². The van der Waals surface area contributed by atoms with Crippen LogP contribution in [0.3, 0.4) is 0 Å². The number of hydrogen-bond acceptors (Lipinski definition) is 6. The number of aromatic nitrogens is 2. The zero-order chi connectivity index (χ0) is 18.9. The average Bonchev–Trinajstić information content (AvgIpc) is 3.04. The van der Waals surface area contributed by atoms with Crippen LogP contribution < -0.4 is 10.6 Å². The summed E-state index contributed by atoms with van der Waals surface area (Å²) in [6.07, 6.45) is 2.59. The van der Waals surface area contributed by atoms with Crippen molar-refractivity contribution in [3.63, 3.8) is 0 Å². The molecule has 0 amide bonds. The van der Waals surface area contributed by atoms with Crippen LogP contribution in [0.2, 0.25) is 0 Å². The second-order valence-electron chi connectivity index (χ2n) is 5.62. The lowest BCUT2D eigenvalue weighted by Gasteiger charge is -2.16. The van der Waals surface area contributed by atoms with Gasteiger partial charge in [-0.05, 0) is 32.9 Å². The lowest BCUT2D eigenvalue weighted by Crippen LogP contribution is -2.39. The van der Waals surface area contributed by atoms with E-state index in [4.69, 9.17) is 4.74 Å². The van der Waals surface area contributed by atoms with Crippen molar-refractivity contribution in [3.8, 4) is 0 Å². The number of guanidine groups is 1. The van der Waals surface area contributed by atoms with Gasteiger partial charge in [-0.25, -0.2) is 9.78 Å². The van der Waals surface area contributed by atoms with Gasteiger partial charge in [0.25, 0.3) is 0 Å². The number of esters is 1. The van der Waals surface area contributed by atoms with Gasteiger partial charge in [0.15, 0.2) is 5.96 Å². The molecule has 0 aliphatic carbocycles. The highest BCUT2D eigenvalue weighted by molar-refractivity contribution is 14.0. The highest BCUT2D eigenvalue weighted by atomic mass is 127. The van der Waals surface area contributed by atoms with Crippen molar-refractivity contribution < 1.29 is 9.53 Å². The van der Waals surface area contributed by atoms with E-state index >= 15 is 0 Å². The second-order valence-corrected chi connectivity index (χ2v) is 6.65. The predicted octanol–water partition coefficient (Wildman–Crippen LogP) is 3.11. The highest BCUT2D eigenvalue weighted by Crippen LogP contribution is 2.24. The largest absolute Gasteiger partial charge is 0.462 e. The fourth-order valence-corrected chi connectivity index (χ4v) is 3.27. The lowest BCUT2D eigenvalue weighted by atomic mass is 10.3. The van der Waals surface area contributed by atoms with Gasteiger partial charge >= 0.3 is 5.97 Å². The Kier molecular flexibility index (Phi) is 10.2. The topological polar surface area (TPSA) is 88.5 Å². The number of nitrogens with zero attached hydrogens (tertiary/aromatic N) is 3. The minimum Gasteiger partial charge on any atom is -0.462 e. The number of carbonyl (C=O) groups is 1. The number of rotatable bonds is 7. The van der Waals surface area contributed by atoms with Gasteiger partial charge in [0.05, 0.1) is 18.3 Å². The summed E-state index contributed by atoms with van der Waals surface area (Å²) in [7, 11) is 1.72. The Hall–Kier alpha value is -1.75. The van der Waals surface area contributed by atoms with Crippen molar-refractivity contribution in [2.24, 2.45) is 4.99 Å². The third-order valence-corrected chi connectivity index (χ3v) is 4.94. The third kappa shape index (κ3) is 7.06. The van der Waals surface area contributed by atoms with Crippen molar-refractivity contribution in [2.75, 3.05) is 20.2 Å². The summed E-state index contributed by atoms with van der Waals surface area (Å²) in [4.78, 5) is 25.5. The van der Waals surface area contributed by atoms with Crippen LogP contribution in [-0.2, 0) is 11.2 Å². The van der Waals surface area contributed by atoms with Gasteiger partial charge in [0.2, 0.25) is 0 Å². The summed E-state index contributed by atoms with van der Waals surface area (Å²) in [5.41, 5.74) is 1.72. The van der Waals surface area contributed by atoms with Crippen molar-refractivity contribution in [1.29, 1.82) is 0 Å². The Balaban J connectivity index is 0.00000364. The molecule has 2 N–H and O–H groups in total. The quantitative estimate of drug-likeness (QED) is 0.261. The first kappa shape index (κ1) is 23.3. The number of ether oxygens (including phenoxy) is 1. The fraction of sp³-hybridized carbons (Fsp3) is 0.444. The van der Waals surface area contributed by atoms with Crippen LogP contribution in [0.1, 0.15) is 46.0 Å². The number of aryl methyl sites for hydroxylation is 1. The molecule has 2 aromatic heterocycles. The molecule has 148 valence electrons. The van der Waals surface area contributed by atoms with Crippen LogP contribution in [0.15, 0.2) is 29.4 Å². The van der Waals surface area contributed by atoms with E-state index in [2.05, 4.69) is 25.6 Å². The maximum Gasteiger partial charge on any atom is 0.350 e. The zero-order valence-electron chi connectivity index (χ0n) is 16.0. The van der Waals surface area contributed by atoms with E-state index in [0.717, 1.165) is 17.1 Å². The van der Waals surface area contributed by atoms with Crippen LogP contribution >= 0.6 is 35.3 Å². The molecule has 0 aliphatic rings. The Labute approximate surface area is 181 Å². The number of hydrogen-bond donors (Lipinski definition) is 2. The summed E-state index contributed by atoms with van der Waals surface area (Å²) in [5.74, 6) is 0.359. The van der Waals surface area contributed by atoms with E-state index in [0.29, 0.717) is 29.7 Å².